The van der Waals surface area contributed by atoms with Gasteiger partial charge in [0.1, 0.15) is 0 Å². The Labute approximate surface area is 157 Å². The number of anilines is 2. The predicted molar refractivity (Wildman–Crippen MR) is 108 cm³/mol. The Morgan fingerprint density at radius 3 is 2.50 bits per heavy atom. The van der Waals surface area contributed by atoms with E-state index in [1.54, 1.807) is 35.5 Å². The Bertz CT molecular complexity index is 925. The zero-order chi connectivity index (χ0) is 18.4. The van der Waals surface area contributed by atoms with Gasteiger partial charge in [0.15, 0.2) is 0 Å². The van der Waals surface area contributed by atoms with Crippen LogP contribution in [0.15, 0.2) is 84.0 Å². The van der Waals surface area contributed by atoms with Crippen LogP contribution in [0.5, 0.6) is 0 Å². The second-order valence-electron chi connectivity index (χ2n) is 5.66. The lowest BCUT2D eigenvalue weighted by Gasteiger charge is -2.12. The van der Waals surface area contributed by atoms with Crippen molar-refractivity contribution in [2.45, 2.75) is 0 Å². The summed E-state index contributed by atoms with van der Waals surface area (Å²) >= 11 is 6.07. The van der Waals surface area contributed by atoms with Gasteiger partial charge in [-0.25, -0.2) is 0 Å². The molecular formula is C21H18ClN3O. The summed E-state index contributed by atoms with van der Waals surface area (Å²) in [5.74, 6) is -0.244. The van der Waals surface area contributed by atoms with E-state index in [2.05, 4.69) is 10.4 Å². The second-order valence-corrected chi connectivity index (χ2v) is 6.07. The summed E-state index contributed by atoms with van der Waals surface area (Å²) < 4.78 is 0. The summed E-state index contributed by atoms with van der Waals surface area (Å²) in [7, 11) is 1.88. The molecule has 3 rings (SSSR count). The van der Waals surface area contributed by atoms with Crippen molar-refractivity contribution >= 4 is 35.1 Å². The number of hydrazone groups is 1. The predicted octanol–water partition coefficient (Wildman–Crippen LogP) is 5.06. The van der Waals surface area contributed by atoms with Crippen molar-refractivity contribution in [2.24, 2.45) is 5.10 Å². The number of rotatable bonds is 5. The maximum Gasteiger partial charge on any atom is 0.257 e. The fourth-order valence-electron chi connectivity index (χ4n) is 2.40. The van der Waals surface area contributed by atoms with Gasteiger partial charge in [0, 0.05) is 12.7 Å². The van der Waals surface area contributed by atoms with Crippen LogP contribution in [-0.4, -0.2) is 19.2 Å². The van der Waals surface area contributed by atoms with Gasteiger partial charge >= 0.3 is 0 Å². The van der Waals surface area contributed by atoms with Gasteiger partial charge in [-0.1, -0.05) is 54.1 Å². The van der Waals surface area contributed by atoms with Crippen LogP contribution < -0.4 is 10.3 Å². The molecule has 0 aliphatic carbocycles. The third-order valence-corrected chi connectivity index (χ3v) is 4.10. The molecule has 0 saturated carbocycles. The molecule has 3 aromatic carbocycles. The zero-order valence-electron chi connectivity index (χ0n) is 14.3. The zero-order valence-corrected chi connectivity index (χ0v) is 15.0. The molecule has 5 heteroatoms. The molecule has 3 aromatic rings. The first-order chi connectivity index (χ1) is 12.6. The number of para-hydroxylation sites is 1. The van der Waals surface area contributed by atoms with E-state index in [4.69, 9.17) is 11.6 Å². The molecule has 0 fully saturated rings. The van der Waals surface area contributed by atoms with Crippen LogP contribution in [0.4, 0.5) is 11.4 Å². The van der Waals surface area contributed by atoms with E-state index in [0.717, 1.165) is 11.3 Å². The van der Waals surface area contributed by atoms with Gasteiger partial charge in [-0.15, -0.1) is 0 Å². The van der Waals surface area contributed by atoms with Gasteiger partial charge in [-0.3, -0.25) is 9.80 Å². The molecular weight excluding hydrogens is 346 g/mol. The molecule has 0 atom stereocenters. The largest absolute Gasteiger partial charge is 0.322 e. The van der Waals surface area contributed by atoms with Crippen LogP contribution in [0.1, 0.15) is 15.9 Å². The molecule has 26 heavy (non-hydrogen) atoms. The van der Waals surface area contributed by atoms with Crippen LogP contribution in [0.2, 0.25) is 5.02 Å². The SMILES string of the molecule is CN(/N=C\c1cccc(NC(=O)c2ccccc2Cl)c1)c1ccccc1. The smallest absolute Gasteiger partial charge is 0.257 e. The van der Waals surface area contributed by atoms with Crippen molar-refractivity contribution in [3.63, 3.8) is 0 Å². The van der Waals surface area contributed by atoms with Crippen molar-refractivity contribution in [1.82, 2.24) is 0 Å². The maximum atomic E-state index is 12.4. The van der Waals surface area contributed by atoms with Crippen molar-refractivity contribution in [2.75, 3.05) is 17.4 Å². The van der Waals surface area contributed by atoms with Crippen LogP contribution in [0, 0.1) is 0 Å². The van der Waals surface area contributed by atoms with Crippen LogP contribution >= 0.6 is 11.6 Å². The molecule has 0 spiro atoms. The molecule has 0 unspecified atom stereocenters. The number of benzene rings is 3. The van der Waals surface area contributed by atoms with Gasteiger partial charge < -0.3 is 5.32 Å². The van der Waals surface area contributed by atoms with Crippen molar-refractivity contribution in [3.8, 4) is 0 Å². The van der Waals surface area contributed by atoms with E-state index in [-0.39, 0.29) is 5.91 Å². The average molecular weight is 364 g/mol. The average Bonchev–Trinajstić information content (AvgIpc) is 2.67. The van der Waals surface area contributed by atoms with Crippen molar-refractivity contribution in [3.05, 3.63) is 95.0 Å². The highest BCUT2D eigenvalue weighted by Crippen LogP contribution is 2.18. The molecule has 0 bridgehead atoms. The minimum atomic E-state index is -0.244. The number of hydrogen-bond donors (Lipinski definition) is 1. The summed E-state index contributed by atoms with van der Waals surface area (Å²) in [6.45, 7) is 0. The summed E-state index contributed by atoms with van der Waals surface area (Å²) in [6, 6.07) is 24.3. The van der Waals surface area contributed by atoms with Crippen LogP contribution in [0.25, 0.3) is 0 Å². The third kappa shape index (κ3) is 4.49. The first kappa shape index (κ1) is 17.7. The molecule has 0 aliphatic heterocycles. The minimum absolute atomic E-state index is 0.244. The Morgan fingerprint density at radius 1 is 1.00 bits per heavy atom. The van der Waals surface area contributed by atoms with Crippen LogP contribution in [-0.2, 0) is 0 Å². The Kier molecular flexibility index (Phi) is 5.66. The minimum Gasteiger partial charge on any atom is -0.322 e. The lowest BCUT2D eigenvalue weighted by atomic mass is 10.2. The first-order valence-corrected chi connectivity index (χ1v) is 8.50. The van der Waals surface area contributed by atoms with Crippen molar-refractivity contribution in [1.29, 1.82) is 0 Å². The second kappa shape index (κ2) is 8.32. The molecule has 0 heterocycles. The number of amides is 1. The Hall–Kier alpha value is -3.11. The van der Waals surface area contributed by atoms with Crippen LogP contribution in [0.3, 0.4) is 0 Å². The van der Waals surface area contributed by atoms with Gasteiger partial charge in [-0.2, -0.15) is 5.10 Å². The summed E-state index contributed by atoms with van der Waals surface area (Å²) in [5.41, 5.74) is 3.00. The summed E-state index contributed by atoms with van der Waals surface area (Å²) in [5, 5.41) is 9.50. The molecule has 4 nitrogen and oxygen atoms in total. The van der Waals surface area contributed by atoms with E-state index in [0.29, 0.717) is 16.3 Å². The number of carbonyl (C=O) groups excluding carboxylic acids is 1. The molecule has 0 radical (unpaired) electrons. The van der Waals surface area contributed by atoms with Gasteiger partial charge in [-0.05, 0) is 42.0 Å². The number of carbonyl (C=O) groups is 1. The standard InChI is InChI=1S/C21H18ClN3O/c1-25(18-10-3-2-4-11-18)23-15-16-8-7-9-17(14-16)24-21(26)19-12-5-6-13-20(19)22/h2-15H,1H3,(H,24,26)/b23-15-. The lowest BCUT2D eigenvalue weighted by molar-refractivity contribution is 0.102. The van der Waals surface area contributed by atoms with E-state index in [1.165, 1.54) is 0 Å². The van der Waals surface area contributed by atoms with Gasteiger partial charge in [0.05, 0.1) is 22.5 Å². The molecule has 1 N–H and O–H groups in total. The molecule has 130 valence electrons. The Balaban J connectivity index is 1.71. The van der Waals surface area contributed by atoms with E-state index in [1.807, 2.05) is 61.6 Å². The van der Waals surface area contributed by atoms with Crippen molar-refractivity contribution < 1.29 is 4.79 Å². The maximum absolute atomic E-state index is 12.4. The number of hydrogen-bond acceptors (Lipinski definition) is 3. The van der Waals surface area contributed by atoms with E-state index < -0.39 is 0 Å². The highest BCUT2D eigenvalue weighted by Gasteiger charge is 2.09. The quantitative estimate of drug-likeness (QED) is 0.508. The van der Waals surface area contributed by atoms with Gasteiger partial charge in [0.2, 0.25) is 0 Å². The topological polar surface area (TPSA) is 44.7 Å². The third-order valence-electron chi connectivity index (χ3n) is 3.77. The molecule has 1 amide bonds. The summed E-state index contributed by atoms with van der Waals surface area (Å²) in [4.78, 5) is 12.4. The first-order valence-electron chi connectivity index (χ1n) is 8.12. The van der Waals surface area contributed by atoms with E-state index in [9.17, 15) is 4.79 Å². The molecule has 0 saturated heterocycles. The number of nitrogens with one attached hydrogen (secondary N) is 1. The fraction of sp³-hybridized carbons (Fsp3) is 0.0476. The highest BCUT2D eigenvalue weighted by molar-refractivity contribution is 6.34. The molecule has 0 aliphatic rings. The van der Waals surface area contributed by atoms with Gasteiger partial charge in [0.25, 0.3) is 5.91 Å². The molecule has 0 aromatic heterocycles. The number of nitrogens with zero attached hydrogens (tertiary/aromatic N) is 2. The highest BCUT2D eigenvalue weighted by atomic mass is 35.5. The normalized spacial score (nSPS) is 10.7. The Morgan fingerprint density at radius 2 is 1.73 bits per heavy atom. The fourth-order valence-corrected chi connectivity index (χ4v) is 2.63. The number of halogens is 1. The van der Waals surface area contributed by atoms with E-state index >= 15 is 0 Å². The lowest BCUT2D eigenvalue weighted by Crippen LogP contribution is -2.12. The monoisotopic (exact) mass is 363 g/mol. The summed E-state index contributed by atoms with van der Waals surface area (Å²) in [6.07, 6.45) is 1.75.